The van der Waals surface area contributed by atoms with Gasteiger partial charge in [-0.2, -0.15) is 0 Å². The third kappa shape index (κ3) is 4.80. The fourth-order valence-electron chi connectivity index (χ4n) is 3.74. The number of carbonyl (C=O) groups excluding carboxylic acids is 3. The summed E-state index contributed by atoms with van der Waals surface area (Å²) in [5.41, 5.74) is 0. The lowest BCUT2D eigenvalue weighted by molar-refractivity contribution is -0.158. The highest BCUT2D eigenvalue weighted by molar-refractivity contribution is 5.97. The zero-order valence-corrected chi connectivity index (χ0v) is 15.4. The molecule has 2 heterocycles. The van der Waals surface area contributed by atoms with Gasteiger partial charge in [0.2, 0.25) is 18.2 Å². The molecule has 2 aliphatic rings. The Morgan fingerprint density at radius 1 is 1.46 bits per heavy atom. The average molecular weight is 393 g/mol. The summed E-state index contributed by atoms with van der Waals surface area (Å²) in [6, 6.07) is 0.531. The molecule has 2 N–H and O–H groups in total. The van der Waals surface area contributed by atoms with Crippen LogP contribution in [0.15, 0.2) is 18.6 Å². The summed E-state index contributed by atoms with van der Waals surface area (Å²) in [4.78, 5) is 45.4. The number of rotatable bonds is 8. The van der Waals surface area contributed by atoms with Gasteiger partial charge in [0.1, 0.15) is 24.4 Å². The quantitative estimate of drug-likeness (QED) is 0.387. The van der Waals surface area contributed by atoms with Crippen LogP contribution < -0.4 is 5.32 Å². The first-order chi connectivity index (χ1) is 13.5. The Balaban J connectivity index is 1.71. The number of amides is 3. The highest BCUT2D eigenvalue weighted by Gasteiger charge is 2.43. The Morgan fingerprint density at radius 2 is 2.25 bits per heavy atom. The van der Waals surface area contributed by atoms with Gasteiger partial charge in [-0.1, -0.05) is 19.3 Å². The summed E-state index contributed by atoms with van der Waals surface area (Å²) in [5, 5.41) is 12.6. The second kappa shape index (κ2) is 9.05. The Labute approximate surface area is 161 Å². The molecule has 0 bridgehead atoms. The molecular weight excluding hydrogens is 369 g/mol. The molecule has 0 aromatic carbocycles. The van der Waals surface area contributed by atoms with E-state index in [2.05, 4.69) is 15.3 Å². The van der Waals surface area contributed by atoms with E-state index >= 15 is 0 Å². The normalized spacial score (nSPS) is 23.0. The molecule has 3 amide bonds. The average Bonchev–Trinajstić information content (AvgIpc) is 3.05. The van der Waals surface area contributed by atoms with Gasteiger partial charge in [0, 0.05) is 12.6 Å². The van der Waals surface area contributed by atoms with Gasteiger partial charge in [-0.3, -0.25) is 19.6 Å². The Hall–Kier alpha value is -2.62. The van der Waals surface area contributed by atoms with Crippen molar-refractivity contribution in [2.24, 2.45) is 11.8 Å². The van der Waals surface area contributed by atoms with Crippen molar-refractivity contribution in [1.82, 2.24) is 19.9 Å². The molecule has 9 nitrogen and oxygen atoms in total. The summed E-state index contributed by atoms with van der Waals surface area (Å²) in [7, 11) is 0. The summed E-state index contributed by atoms with van der Waals surface area (Å²) in [6.45, 7) is -0.360. The van der Waals surface area contributed by atoms with Crippen molar-refractivity contribution in [2.45, 2.75) is 44.3 Å². The fraction of sp³-hybridized carbons (Fsp3) is 0.611. The molecule has 10 heteroatoms. The largest absolute Gasteiger partial charge is 0.327 e. The van der Waals surface area contributed by atoms with Crippen molar-refractivity contribution in [3.63, 3.8) is 0 Å². The van der Waals surface area contributed by atoms with Crippen LogP contribution in [-0.2, 0) is 14.4 Å². The van der Waals surface area contributed by atoms with Crippen LogP contribution >= 0.6 is 0 Å². The number of aromatic nitrogens is 2. The molecule has 1 aliphatic carbocycles. The van der Waals surface area contributed by atoms with Gasteiger partial charge in [-0.05, 0) is 18.4 Å². The minimum absolute atomic E-state index is 0.102. The van der Waals surface area contributed by atoms with Crippen LogP contribution in [-0.4, -0.2) is 68.7 Å². The zero-order chi connectivity index (χ0) is 20.1. The summed E-state index contributed by atoms with van der Waals surface area (Å²) < 4.78 is 14.1. The maximum Gasteiger partial charge on any atom is 0.248 e. The van der Waals surface area contributed by atoms with Gasteiger partial charge in [-0.15, -0.1) is 0 Å². The number of hydrogen-bond donors (Lipinski definition) is 2. The smallest absolute Gasteiger partial charge is 0.248 e. The molecule has 3 atom stereocenters. The maximum atomic E-state index is 14.1. The standard InChI is InChI=1S/C18H24FN5O4/c19-14-7-15(17(26)22-16-4-5-20-10-21-16)24(9-14)18(27)13(8-23(28)11-25)6-12-2-1-3-12/h4-5,10-15,28H,1-3,6-9H2,(H,20,21,22,26). The Bertz CT molecular complexity index is 702. The third-order valence-corrected chi connectivity index (χ3v) is 5.39. The molecule has 0 spiro atoms. The number of hydroxylamine groups is 2. The monoisotopic (exact) mass is 393 g/mol. The number of hydrogen-bond acceptors (Lipinski definition) is 6. The van der Waals surface area contributed by atoms with E-state index in [1.807, 2.05) is 0 Å². The van der Waals surface area contributed by atoms with Crippen LogP contribution in [0.2, 0.25) is 0 Å². The van der Waals surface area contributed by atoms with Gasteiger partial charge < -0.3 is 10.2 Å². The molecular formula is C18H24FN5O4. The van der Waals surface area contributed by atoms with Crippen molar-refractivity contribution in [2.75, 3.05) is 18.4 Å². The number of nitrogens with one attached hydrogen (secondary N) is 1. The number of carbonyl (C=O) groups is 3. The molecule has 0 radical (unpaired) electrons. The summed E-state index contributed by atoms with van der Waals surface area (Å²) >= 11 is 0. The number of anilines is 1. The van der Waals surface area contributed by atoms with E-state index in [1.165, 1.54) is 23.5 Å². The zero-order valence-electron chi connectivity index (χ0n) is 15.4. The maximum absolute atomic E-state index is 14.1. The number of likely N-dealkylation sites (tertiary alicyclic amines) is 1. The number of alkyl halides is 1. The first-order valence-electron chi connectivity index (χ1n) is 9.40. The SMILES string of the molecule is O=CN(O)CC(CC1CCC1)C(=O)N1CC(F)CC1C(=O)Nc1ccncn1. The van der Waals surface area contributed by atoms with Crippen LogP contribution in [0.1, 0.15) is 32.1 Å². The molecule has 3 rings (SSSR count). The third-order valence-electron chi connectivity index (χ3n) is 5.39. The van der Waals surface area contributed by atoms with Crippen molar-refractivity contribution in [3.05, 3.63) is 18.6 Å². The van der Waals surface area contributed by atoms with E-state index in [1.54, 1.807) is 0 Å². The minimum Gasteiger partial charge on any atom is -0.327 e. The summed E-state index contributed by atoms with van der Waals surface area (Å²) in [5.74, 6) is -1.02. The van der Waals surface area contributed by atoms with E-state index in [4.69, 9.17) is 0 Å². The Kier molecular flexibility index (Phi) is 6.50. The lowest BCUT2D eigenvalue weighted by atomic mass is 9.78. The first kappa shape index (κ1) is 20.1. The lowest BCUT2D eigenvalue weighted by Crippen LogP contribution is -2.48. The molecule has 152 valence electrons. The van der Waals surface area contributed by atoms with Gasteiger partial charge in [0.15, 0.2) is 0 Å². The van der Waals surface area contributed by atoms with E-state index in [0.717, 1.165) is 19.3 Å². The van der Waals surface area contributed by atoms with Crippen molar-refractivity contribution in [3.8, 4) is 0 Å². The van der Waals surface area contributed by atoms with E-state index in [0.29, 0.717) is 17.4 Å². The van der Waals surface area contributed by atoms with Crippen LogP contribution in [0.4, 0.5) is 10.2 Å². The number of halogens is 1. The van der Waals surface area contributed by atoms with Crippen molar-refractivity contribution >= 4 is 24.0 Å². The minimum atomic E-state index is -1.31. The molecule has 2 fully saturated rings. The van der Waals surface area contributed by atoms with Crippen LogP contribution in [0.5, 0.6) is 0 Å². The molecule has 1 aromatic heterocycles. The first-order valence-corrected chi connectivity index (χ1v) is 9.40. The lowest BCUT2D eigenvalue weighted by Gasteiger charge is -2.33. The predicted molar refractivity (Wildman–Crippen MR) is 95.7 cm³/mol. The van der Waals surface area contributed by atoms with Crippen molar-refractivity contribution in [1.29, 1.82) is 0 Å². The van der Waals surface area contributed by atoms with E-state index in [-0.39, 0.29) is 31.7 Å². The molecule has 1 saturated carbocycles. The van der Waals surface area contributed by atoms with Crippen LogP contribution in [0, 0.1) is 11.8 Å². The van der Waals surface area contributed by atoms with Crippen molar-refractivity contribution < 1.29 is 24.0 Å². The second-order valence-electron chi connectivity index (χ2n) is 7.38. The Morgan fingerprint density at radius 3 is 2.86 bits per heavy atom. The molecule has 28 heavy (non-hydrogen) atoms. The highest BCUT2D eigenvalue weighted by atomic mass is 19.1. The topological polar surface area (TPSA) is 116 Å². The highest BCUT2D eigenvalue weighted by Crippen LogP contribution is 2.34. The molecule has 1 saturated heterocycles. The predicted octanol–water partition coefficient (Wildman–Crippen LogP) is 1.01. The van der Waals surface area contributed by atoms with Gasteiger partial charge >= 0.3 is 0 Å². The second-order valence-corrected chi connectivity index (χ2v) is 7.38. The summed E-state index contributed by atoms with van der Waals surface area (Å²) in [6.07, 6.45) is 5.11. The molecule has 1 aromatic rings. The van der Waals surface area contributed by atoms with E-state index in [9.17, 15) is 24.0 Å². The fourth-order valence-corrected chi connectivity index (χ4v) is 3.74. The number of nitrogens with zero attached hydrogens (tertiary/aromatic N) is 4. The van der Waals surface area contributed by atoms with Crippen LogP contribution in [0.25, 0.3) is 0 Å². The van der Waals surface area contributed by atoms with Gasteiger partial charge in [0.05, 0.1) is 19.0 Å². The van der Waals surface area contributed by atoms with E-state index < -0.39 is 29.9 Å². The molecule has 3 unspecified atom stereocenters. The van der Waals surface area contributed by atoms with Crippen LogP contribution in [0.3, 0.4) is 0 Å². The molecule has 1 aliphatic heterocycles. The van der Waals surface area contributed by atoms with Gasteiger partial charge in [-0.25, -0.2) is 19.4 Å². The van der Waals surface area contributed by atoms with Gasteiger partial charge in [0.25, 0.3) is 0 Å².